The zero-order valence-corrected chi connectivity index (χ0v) is 18.9. The van der Waals surface area contributed by atoms with Gasteiger partial charge in [-0.05, 0) is 50.2 Å². The monoisotopic (exact) mass is 453 g/mol. The first kappa shape index (κ1) is 22.0. The molecular formula is C20H25Cl2N5OS. The van der Waals surface area contributed by atoms with Gasteiger partial charge in [-0.3, -0.25) is 9.48 Å². The van der Waals surface area contributed by atoms with E-state index in [0.717, 1.165) is 65.2 Å². The molecular weight excluding hydrogens is 429 g/mol. The third-order valence-corrected chi connectivity index (χ3v) is 6.75. The van der Waals surface area contributed by atoms with Gasteiger partial charge in [-0.25, -0.2) is 4.98 Å². The van der Waals surface area contributed by atoms with E-state index in [1.807, 2.05) is 31.5 Å². The SMILES string of the molecule is Cc1nn(C)c2nc(-c3cccs3)cc(C(=O)N3C4CCNCC3CC4)c12.Cl.Cl. The molecule has 1 amide bonds. The first-order valence-electron chi connectivity index (χ1n) is 9.55. The third kappa shape index (κ3) is 3.65. The number of amides is 1. The van der Waals surface area contributed by atoms with E-state index >= 15 is 0 Å². The Morgan fingerprint density at radius 1 is 1.24 bits per heavy atom. The molecule has 156 valence electrons. The molecule has 0 aliphatic carbocycles. The summed E-state index contributed by atoms with van der Waals surface area (Å²) in [4.78, 5) is 21.8. The van der Waals surface area contributed by atoms with Crippen LogP contribution in [0.1, 0.15) is 35.3 Å². The van der Waals surface area contributed by atoms with Crippen molar-refractivity contribution < 1.29 is 4.79 Å². The van der Waals surface area contributed by atoms with Crippen molar-refractivity contribution in [3.63, 3.8) is 0 Å². The van der Waals surface area contributed by atoms with Crippen LogP contribution in [0.15, 0.2) is 23.6 Å². The fraction of sp³-hybridized carbons (Fsp3) is 0.450. The molecule has 5 heterocycles. The quantitative estimate of drug-likeness (QED) is 0.640. The second kappa shape index (κ2) is 8.60. The van der Waals surface area contributed by atoms with Crippen molar-refractivity contribution in [2.45, 2.75) is 38.3 Å². The van der Waals surface area contributed by atoms with Gasteiger partial charge >= 0.3 is 0 Å². The van der Waals surface area contributed by atoms with Crippen molar-refractivity contribution >= 4 is 53.1 Å². The van der Waals surface area contributed by atoms with Crippen LogP contribution in [-0.4, -0.2) is 50.7 Å². The van der Waals surface area contributed by atoms with Crippen LogP contribution in [0.3, 0.4) is 0 Å². The lowest BCUT2D eigenvalue weighted by Gasteiger charge is -2.28. The predicted octanol–water partition coefficient (Wildman–Crippen LogP) is 3.82. The molecule has 2 bridgehead atoms. The zero-order chi connectivity index (χ0) is 18.5. The molecule has 1 N–H and O–H groups in total. The molecule has 2 aliphatic rings. The summed E-state index contributed by atoms with van der Waals surface area (Å²) in [7, 11) is 1.90. The Morgan fingerprint density at radius 2 is 2.03 bits per heavy atom. The summed E-state index contributed by atoms with van der Waals surface area (Å²) in [6.07, 6.45) is 3.22. The van der Waals surface area contributed by atoms with Gasteiger partial charge < -0.3 is 10.2 Å². The molecule has 0 spiro atoms. The number of fused-ring (bicyclic) bond motifs is 3. The molecule has 9 heteroatoms. The molecule has 0 aromatic carbocycles. The van der Waals surface area contributed by atoms with E-state index in [2.05, 4.69) is 21.4 Å². The van der Waals surface area contributed by atoms with E-state index < -0.39 is 0 Å². The topological polar surface area (TPSA) is 63.1 Å². The standard InChI is InChI=1S/C20H23N5OS.2ClH/c1-12-18-15(20(26)25-13-5-6-14(25)11-21-8-7-13)10-16(17-4-3-9-27-17)22-19(18)24(2)23-12;;/h3-4,9-10,13-14,21H,5-8,11H2,1-2H3;2*1H. The van der Waals surface area contributed by atoms with Crippen LogP contribution in [0, 0.1) is 6.92 Å². The van der Waals surface area contributed by atoms with Crippen molar-refractivity contribution in [3.8, 4) is 10.6 Å². The number of pyridine rings is 1. The van der Waals surface area contributed by atoms with Crippen molar-refractivity contribution in [2.24, 2.45) is 7.05 Å². The number of aryl methyl sites for hydroxylation is 2. The number of carbonyl (C=O) groups excluding carboxylic acids is 1. The summed E-state index contributed by atoms with van der Waals surface area (Å²) in [5, 5.41) is 11.0. The van der Waals surface area contributed by atoms with E-state index in [9.17, 15) is 4.79 Å². The summed E-state index contributed by atoms with van der Waals surface area (Å²) in [6.45, 7) is 3.84. The van der Waals surface area contributed by atoms with Crippen LogP contribution in [0.25, 0.3) is 21.6 Å². The van der Waals surface area contributed by atoms with Crippen LogP contribution < -0.4 is 5.32 Å². The molecule has 6 nitrogen and oxygen atoms in total. The van der Waals surface area contributed by atoms with Gasteiger partial charge in [-0.2, -0.15) is 5.10 Å². The van der Waals surface area contributed by atoms with Gasteiger partial charge in [-0.1, -0.05) is 6.07 Å². The number of aromatic nitrogens is 3. The van der Waals surface area contributed by atoms with Gasteiger partial charge in [0.1, 0.15) is 0 Å². The van der Waals surface area contributed by atoms with Crippen molar-refractivity contribution in [3.05, 3.63) is 34.8 Å². The van der Waals surface area contributed by atoms with E-state index in [0.29, 0.717) is 6.04 Å². The maximum Gasteiger partial charge on any atom is 0.255 e. The number of halogens is 2. The smallest absolute Gasteiger partial charge is 0.255 e. The third-order valence-electron chi connectivity index (χ3n) is 5.86. The molecule has 2 atom stereocenters. The van der Waals surface area contributed by atoms with E-state index in [4.69, 9.17) is 4.98 Å². The molecule has 0 radical (unpaired) electrons. The zero-order valence-electron chi connectivity index (χ0n) is 16.4. The normalized spacial score (nSPS) is 20.8. The summed E-state index contributed by atoms with van der Waals surface area (Å²) in [5.74, 6) is 0.132. The average Bonchev–Trinajstić information content (AvgIpc) is 3.33. The number of nitrogens with one attached hydrogen (secondary N) is 1. The Morgan fingerprint density at radius 3 is 2.79 bits per heavy atom. The number of rotatable bonds is 2. The van der Waals surface area contributed by atoms with Gasteiger partial charge in [0.05, 0.1) is 27.2 Å². The van der Waals surface area contributed by atoms with E-state index in [1.54, 1.807) is 16.0 Å². The van der Waals surface area contributed by atoms with Crippen LogP contribution in [-0.2, 0) is 7.05 Å². The minimum atomic E-state index is 0. The van der Waals surface area contributed by atoms with E-state index in [-0.39, 0.29) is 36.8 Å². The summed E-state index contributed by atoms with van der Waals surface area (Å²) in [5.41, 5.74) is 3.24. The maximum atomic E-state index is 13.7. The number of carbonyl (C=O) groups is 1. The van der Waals surface area contributed by atoms with Gasteiger partial charge in [0.2, 0.25) is 0 Å². The van der Waals surface area contributed by atoms with Crippen molar-refractivity contribution in [1.29, 1.82) is 0 Å². The van der Waals surface area contributed by atoms with Crippen LogP contribution in [0.4, 0.5) is 0 Å². The van der Waals surface area contributed by atoms with Crippen LogP contribution >= 0.6 is 36.2 Å². The fourth-order valence-electron chi connectivity index (χ4n) is 4.62. The Bertz CT molecular complexity index is 1010. The molecule has 3 aromatic rings. The second-order valence-electron chi connectivity index (χ2n) is 7.53. The highest BCUT2D eigenvalue weighted by Crippen LogP contribution is 2.34. The fourth-order valence-corrected chi connectivity index (χ4v) is 5.30. The highest BCUT2D eigenvalue weighted by Gasteiger charge is 2.39. The predicted molar refractivity (Wildman–Crippen MR) is 122 cm³/mol. The molecule has 2 aliphatic heterocycles. The molecule has 2 fully saturated rings. The van der Waals surface area contributed by atoms with E-state index in [1.165, 1.54) is 0 Å². The van der Waals surface area contributed by atoms with Gasteiger partial charge in [0, 0.05) is 25.7 Å². The molecule has 29 heavy (non-hydrogen) atoms. The lowest BCUT2D eigenvalue weighted by Crippen LogP contribution is -2.42. The Balaban J connectivity index is 0.00000120. The minimum Gasteiger partial charge on any atom is -0.331 e. The molecule has 0 saturated carbocycles. The van der Waals surface area contributed by atoms with Gasteiger partial charge in [-0.15, -0.1) is 36.2 Å². The molecule has 2 saturated heterocycles. The Hall–Kier alpha value is -1.67. The number of hydrogen-bond acceptors (Lipinski definition) is 5. The highest BCUT2D eigenvalue weighted by atomic mass is 35.5. The average molecular weight is 454 g/mol. The summed E-state index contributed by atoms with van der Waals surface area (Å²) >= 11 is 1.64. The maximum absolute atomic E-state index is 13.7. The second-order valence-corrected chi connectivity index (χ2v) is 8.48. The van der Waals surface area contributed by atoms with Crippen molar-refractivity contribution in [2.75, 3.05) is 13.1 Å². The number of hydrogen-bond donors (Lipinski definition) is 1. The molecule has 5 rings (SSSR count). The Kier molecular flexibility index (Phi) is 6.53. The molecule has 3 aromatic heterocycles. The summed E-state index contributed by atoms with van der Waals surface area (Å²) < 4.78 is 1.79. The lowest BCUT2D eigenvalue weighted by molar-refractivity contribution is 0.0682. The number of nitrogens with zero attached hydrogens (tertiary/aromatic N) is 4. The minimum absolute atomic E-state index is 0. The van der Waals surface area contributed by atoms with Crippen LogP contribution in [0.2, 0.25) is 0 Å². The summed E-state index contributed by atoms with van der Waals surface area (Å²) in [6, 6.07) is 6.67. The first-order chi connectivity index (χ1) is 13.1. The Labute approximate surface area is 186 Å². The van der Waals surface area contributed by atoms with Gasteiger partial charge in [0.15, 0.2) is 5.65 Å². The lowest BCUT2D eigenvalue weighted by atomic mass is 10.1. The van der Waals surface area contributed by atoms with Crippen LogP contribution in [0.5, 0.6) is 0 Å². The largest absolute Gasteiger partial charge is 0.331 e. The van der Waals surface area contributed by atoms with Gasteiger partial charge in [0.25, 0.3) is 5.91 Å². The highest BCUT2D eigenvalue weighted by molar-refractivity contribution is 7.13. The van der Waals surface area contributed by atoms with Crippen molar-refractivity contribution in [1.82, 2.24) is 25.0 Å². The first-order valence-corrected chi connectivity index (χ1v) is 10.4. The molecule has 2 unspecified atom stereocenters. The number of thiophene rings is 1.